The van der Waals surface area contributed by atoms with Crippen molar-refractivity contribution in [2.24, 2.45) is 5.73 Å². The first-order valence-corrected chi connectivity index (χ1v) is 4.28. The minimum Gasteiger partial charge on any atom is -0.494 e. The van der Waals surface area contributed by atoms with Crippen LogP contribution in [0.2, 0.25) is 0 Å². The van der Waals surface area contributed by atoms with Crippen LogP contribution < -0.4 is 15.2 Å². The average Bonchev–Trinajstić information content (AvgIpc) is 2.28. The molecule has 0 aliphatic carbocycles. The molecule has 0 aliphatic rings. The molecule has 5 heteroatoms. The largest absolute Gasteiger partial charge is 0.494 e. The van der Waals surface area contributed by atoms with Crippen molar-refractivity contribution in [2.45, 2.75) is 0 Å². The molecular formula is C10H12FNO3. The van der Waals surface area contributed by atoms with Gasteiger partial charge in [-0.05, 0) is 12.1 Å². The van der Waals surface area contributed by atoms with E-state index in [1.165, 1.54) is 26.4 Å². The number of ether oxygens (including phenoxy) is 2. The molecule has 0 radical (unpaired) electrons. The molecule has 2 N–H and O–H groups in total. The van der Waals surface area contributed by atoms with Crippen molar-refractivity contribution < 1.29 is 18.7 Å². The van der Waals surface area contributed by atoms with E-state index in [-0.39, 0.29) is 29.4 Å². The molecular weight excluding hydrogens is 201 g/mol. The van der Waals surface area contributed by atoms with Crippen molar-refractivity contribution in [3.05, 3.63) is 23.5 Å². The Morgan fingerprint density at radius 3 is 2.13 bits per heavy atom. The number of carbonyl (C=O) groups is 1. The zero-order chi connectivity index (χ0) is 11.4. The Morgan fingerprint density at radius 1 is 1.33 bits per heavy atom. The van der Waals surface area contributed by atoms with Gasteiger partial charge in [-0.1, -0.05) is 0 Å². The number of nitrogens with two attached hydrogens (primary N) is 1. The number of methoxy groups -OCH3 is 2. The summed E-state index contributed by atoms with van der Waals surface area (Å²) in [5.74, 6) is -1.00. The lowest BCUT2D eigenvalue weighted by molar-refractivity contribution is 0.100. The molecule has 0 unspecified atom stereocenters. The fourth-order valence-corrected chi connectivity index (χ4v) is 1.15. The summed E-state index contributed by atoms with van der Waals surface area (Å²) in [6, 6.07) is 2.60. The van der Waals surface area contributed by atoms with Crippen LogP contribution in [0.3, 0.4) is 0 Å². The van der Waals surface area contributed by atoms with Gasteiger partial charge in [-0.15, -0.1) is 0 Å². The van der Waals surface area contributed by atoms with Gasteiger partial charge in [0.25, 0.3) is 0 Å². The predicted octanol–water partition coefficient (Wildman–Crippen LogP) is 0.984. The minimum atomic E-state index is -0.631. The molecule has 0 saturated heterocycles. The molecule has 0 aliphatic heterocycles. The Labute approximate surface area is 86.8 Å². The van der Waals surface area contributed by atoms with Gasteiger partial charge in [0.2, 0.25) is 5.82 Å². The summed E-state index contributed by atoms with van der Waals surface area (Å²) in [4.78, 5) is 11.3. The van der Waals surface area contributed by atoms with Crippen molar-refractivity contribution in [1.29, 1.82) is 0 Å². The molecule has 1 aromatic carbocycles. The third kappa shape index (κ3) is 2.24. The van der Waals surface area contributed by atoms with Crippen LogP contribution >= 0.6 is 0 Å². The van der Waals surface area contributed by atoms with E-state index in [1.807, 2.05) is 0 Å². The van der Waals surface area contributed by atoms with E-state index in [0.717, 1.165) is 0 Å². The van der Waals surface area contributed by atoms with Crippen LogP contribution in [0.15, 0.2) is 12.1 Å². The van der Waals surface area contributed by atoms with Gasteiger partial charge in [-0.3, -0.25) is 4.79 Å². The SMILES string of the molecule is COc1cc(C(=O)CN)cc(OC)c1F. The average molecular weight is 213 g/mol. The van der Waals surface area contributed by atoms with E-state index >= 15 is 0 Å². The van der Waals surface area contributed by atoms with E-state index in [2.05, 4.69) is 0 Å². The standard InChI is InChI=1S/C10H12FNO3/c1-14-8-3-6(7(13)5-12)4-9(15-2)10(8)11/h3-4H,5,12H2,1-2H3. The Kier molecular flexibility index (Phi) is 3.62. The Bertz CT molecular complexity index is 354. The number of hydrogen-bond donors (Lipinski definition) is 1. The molecule has 0 amide bonds. The zero-order valence-corrected chi connectivity index (χ0v) is 8.54. The van der Waals surface area contributed by atoms with Crippen molar-refractivity contribution >= 4 is 5.78 Å². The highest BCUT2D eigenvalue weighted by atomic mass is 19.1. The highest BCUT2D eigenvalue weighted by Crippen LogP contribution is 2.28. The normalized spacial score (nSPS) is 9.87. The fraction of sp³-hybridized carbons (Fsp3) is 0.300. The maximum absolute atomic E-state index is 13.4. The van der Waals surface area contributed by atoms with Gasteiger partial charge in [-0.25, -0.2) is 0 Å². The molecule has 15 heavy (non-hydrogen) atoms. The number of hydrogen-bond acceptors (Lipinski definition) is 4. The second kappa shape index (κ2) is 4.75. The Morgan fingerprint density at radius 2 is 1.80 bits per heavy atom. The number of rotatable bonds is 4. The smallest absolute Gasteiger partial charge is 0.206 e. The van der Waals surface area contributed by atoms with E-state index in [0.29, 0.717) is 0 Å². The highest BCUT2D eigenvalue weighted by molar-refractivity contribution is 5.98. The van der Waals surface area contributed by atoms with Crippen LogP contribution in [0.1, 0.15) is 10.4 Å². The van der Waals surface area contributed by atoms with Crippen LogP contribution in [0.25, 0.3) is 0 Å². The molecule has 0 saturated carbocycles. The number of benzene rings is 1. The maximum Gasteiger partial charge on any atom is 0.206 e. The summed E-state index contributed by atoms with van der Waals surface area (Å²) in [5.41, 5.74) is 5.47. The van der Waals surface area contributed by atoms with E-state index in [9.17, 15) is 9.18 Å². The lowest BCUT2D eigenvalue weighted by Gasteiger charge is -2.08. The van der Waals surface area contributed by atoms with Gasteiger partial charge in [0.15, 0.2) is 17.3 Å². The summed E-state index contributed by atoms with van der Waals surface area (Å²) in [5, 5.41) is 0. The fourth-order valence-electron chi connectivity index (χ4n) is 1.15. The summed E-state index contributed by atoms with van der Waals surface area (Å²) < 4.78 is 23.0. The molecule has 0 heterocycles. The van der Waals surface area contributed by atoms with Crippen LogP contribution in [-0.2, 0) is 0 Å². The third-order valence-electron chi connectivity index (χ3n) is 1.95. The van der Waals surface area contributed by atoms with Crippen LogP contribution in [0, 0.1) is 5.82 Å². The van der Waals surface area contributed by atoms with Gasteiger partial charge >= 0.3 is 0 Å². The molecule has 0 spiro atoms. The number of carbonyl (C=O) groups excluding carboxylic acids is 1. The lowest BCUT2D eigenvalue weighted by atomic mass is 10.1. The van der Waals surface area contributed by atoms with Gasteiger partial charge in [-0.2, -0.15) is 4.39 Å². The Balaban J connectivity index is 3.26. The summed E-state index contributed by atoms with van der Waals surface area (Å²) in [6.07, 6.45) is 0. The molecule has 0 aromatic heterocycles. The second-order valence-electron chi connectivity index (χ2n) is 2.82. The third-order valence-corrected chi connectivity index (χ3v) is 1.95. The summed E-state index contributed by atoms with van der Waals surface area (Å²) in [7, 11) is 2.63. The van der Waals surface area contributed by atoms with Crippen molar-refractivity contribution in [3.63, 3.8) is 0 Å². The van der Waals surface area contributed by atoms with Crippen molar-refractivity contribution in [2.75, 3.05) is 20.8 Å². The molecule has 82 valence electrons. The highest BCUT2D eigenvalue weighted by Gasteiger charge is 2.14. The molecule has 0 bridgehead atoms. The van der Waals surface area contributed by atoms with E-state index in [1.54, 1.807) is 0 Å². The van der Waals surface area contributed by atoms with Gasteiger partial charge in [0, 0.05) is 5.56 Å². The van der Waals surface area contributed by atoms with Crippen LogP contribution in [0.4, 0.5) is 4.39 Å². The Hall–Kier alpha value is -1.62. The number of Topliss-reactive ketones (excluding diaryl/α,β-unsaturated/α-hetero) is 1. The minimum absolute atomic E-state index is 0.0360. The molecule has 1 aromatic rings. The van der Waals surface area contributed by atoms with E-state index < -0.39 is 5.82 Å². The predicted molar refractivity (Wildman–Crippen MR) is 52.9 cm³/mol. The first-order chi connectivity index (χ1) is 7.13. The topological polar surface area (TPSA) is 61.5 Å². The first kappa shape index (κ1) is 11.5. The summed E-state index contributed by atoms with van der Waals surface area (Å²) >= 11 is 0. The lowest BCUT2D eigenvalue weighted by Crippen LogP contribution is -2.14. The monoisotopic (exact) mass is 213 g/mol. The number of halogens is 1. The van der Waals surface area contributed by atoms with Crippen molar-refractivity contribution in [1.82, 2.24) is 0 Å². The van der Waals surface area contributed by atoms with E-state index in [4.69, 9.17) is 15.2 Å². The quantitative estimate of drug-likeness (QED) is 0.757. The molecule has 0 atom stereocenters. The van der Waals surface area contributed by atoms with Crippen LogP contribution in [-0.4, -0.2) is 26.5 Å². The first-order valence-electron chi connectivity index (χ1n) is 4.28. The van der Waals surface area contributed by atoms with Gasteiger partial charge < -0.3 is 15.2 Å². The summed E-state index contributed by atoms with van der Waals surface area (Å²) in [6.45, 7) is -0.141. The number of ketones is 1. The second-order valence-corrected chi connectivity index (χ2v) is 2.82. The molecule has 4 nitrogen and oxygen atoms in total. The van der Waals surface area contributed by atoms with Gasteiger partial charge in [0.1, 0.15) is 0 Å². The zero-order valence-electron chi connectivity index (χ0n) is 8.54. The molecule has 0 fully saturated rings. The van der Waals surface area contributed by atoms with Crippen molar-refractivity contribution in [3.8, 4) is 11.5 Å². The van der Waals surface area contributed by atoms with Gasteiger partial charge in [0.05, 0.1) is 20.8 Å². The maximum atomic E-state index is 13.4. The van der Waals surface area contributed by atoms with Crippen LogP contribution in [0.5, 0.6) is 11.5 Å². The molecule has 1 rings (SSSR count).